The number of methoxy groups -OCH3 is 1. The first-order valence-electron chi connectivity index (χ1n) is 12.2. The van der Waals surface area contributed by atoms with Gasteiger partial charge in [-0.05, 0) is 82.1 Å². The Hall–Kier alpha value is -3.61. The van der Waals surface area contributed by atoms with Crippen LogP contribution in [0.4, 0.5) is 0 Å². The topological polar surface area (TPSA) is 75.6 Å². The highest BCUT2D eigenvalue weighted by atomic mass is 32.2. The number of carbonyl (C=O) groups is 2. The number of benzene rings is 4. The van der Waals surface area contributed by atoms with Crippen LogP contribution in [0.15, 0.2) is 84.9 Å². The molecule has 0 bridgehead atoms. The highest BCUT2D eigenvalue weighted by Gasteiger charge is 2.24. The second-order valence-electron chi connectivity index (χ2n) is 8.99. The van der Waals surface area contributed by atoms with Gasteiger partial charge < -0.3 is 15.2 Å². The zero-order valence-electron chi connectivity index (χ0n) is 21.2. The summed E-state index contributed by atoms with van der Waals surface area (Å²) in [6, 6.07) is 27.0. The van der Waals surface area contributed by atoms with Gasteiger partial charge in [0.1, 0.15) is 12.1 Å². The second-order valence-corrected chi connectivity index (χ2v) is 9.97. The minimum atomic E-state index is -1.03. The van der Waals surface area contributed by atoms with Crippen LogP contribution in [0.2, 0.25) is 0 Å². The number of aliphatic carboxylic acids is 1. The molecule has 0 aliphatic heterocycles. The standard InChI is InChI=1S/C31H31NO4S/c1-20-8-4-7-11-25(20)27-19-24(14-15-26(27)30(33)32-28(31(34)35)16-17-37-3)29(36-2)23-13-12-21-9-5-6-10-22(21)18-23/h4-15,18-19,28-29H,16-17H2,1-3H3,(H,32,33)(H,34,35). The van der Waals surface area contributed by atoms with Crippen LogP contribution in [0.5, 0.6) is 0 Å². The molecule has 4 rings (SSSR count). The summed E-state index contributed by atoms with van der Waals surface area (Å²) >= 11 is 1.55. The minimum absolute atomic E-state index is 0.335. The van der Waals surface area contributed by atoms with E-state index in [0.717, 1.165) is 38.6 Å². The van der Waals surface area contributed by atoms with Gasteiger partial charge in [0.05, 0.1) is 0 Å². The molecule has 37 heavy (non-hydrogen) atoms. The van der Waals surface area contributed by atoms with Gasteiger partial charge in [-0.3, -0.25) is 4.79 Å². The molecule has 0 aliphatic rings. The van der Waals surface area contributed by atoms with Gasteiger partial charge in [-0.25, -0.2) is 4.79 Å². The van der Waals surface area contributed by atoms with Gasteiger partial charge in [0.15, 0.2) is 0 Å². The van der Waals surface area contributed by atoms with Gasteiger partial charge in [-0.2, -0.15) is 11.8 Å². The third-order valence-corrected chi connectivity index (χ3v) is 7.20. The molecular weight excluding hydrogens is 482 g/mol. The van der Waals surface area contributed by atoms with Crippen molar-refractivity contribution in [1.82, 2.24) is 5.32 Å². The van der Waals surface area contributed by atoms with E-state index in [0.29, 0.717) is 17.7 Å². The molecule has 0 saturated heterocycles. The molecule has 0 spiro atoms. The van der Waals surface area contributed by atoms with Gasteiger partial charge >= 0.3 is 5.97 Å². The normalized spacial score (nSPS) is 12.7. The lowest BCUT2D eigenvalue weighted by molar-refractivity contribution is -0.139. The number of hydrogen-bond acceptors (Lipinski definition) is 4. The van der Waals surface area contributed by atoms with Crippen molar-refractivity contribution in [1.29, 1.82) is 0 Å². The van der Waals surface area contributed by atoms with E-state index < -0.39 is 17.9 Å². The van der Waals surface area contributed by atoms with E-state index in [1.165, 1.54) is 0 Å². The molecule has 4 aromatic carbocycles. The van der Waals surface area contributed by atoms with Crippen LogP contribution in [0.1, 0.15) is 39.6 Å². The third kappa shape index (κ3) is 6.04. The van der Waals surface area contributed by atoms with Gasteiger partial charge in [-0.1, -0.05) is 66.7 Å². The fourth-order valence-corrected chi connectivity index (χ4v) is 5.06. The number of carboxylic acid groups (broad SMARTS) is 1. The quantitative estimate of drug-likeness (QED) is 0.254. The van der Waals surface area contributed by atoms with E-state index in [2.05, 4.69) is 35.6 Å². The maximum atomic E-state index is 13.4. The van der Waals surface area contributed by atoms with Gasteiger partial charge in [0.2, 0.25) is 0 Å². The fraction of sp³-hybridized carbons (Fsp3) is 0.226. The van der Waals surface area contributed by atoms with Crippen LogP contribution >= 0.6 is 11.8 Å². The maximum Gasteiger partial charge on any atom is 0.326 e. The maximum absolute atomic E-state index is 13.4. The molecule has 0 radical (unpaired) electrons. The largest absolute Gasteiger partial charge is 0.480 e. The molecule has 2 N–H and O–H groups in total. The zero-order valence-corrected chi connectivity index (χ0v) is 22.0. The van der Waals surface area contributed by atoms with Crippen molar-refractivity contribution in [3.05, 3.63) is 107 Å². The number of thioether (sulfide) groups is 1. The summed E-state index contributed by atoms with van der Waals surface area (Å²) in [4.78, 5) is 25.2. The van der Waals surface area contributed by atoms with Crippen LogP contribution in [-0.2, 0) is 9.53 Å². The predicted molar refractivity (Wildman–Crippen MR) is 151 cm³/mol. The van der Waals surface area contributed by atoms with Crippen LogP contribution < -0.4 is 5.32 Å². The van der Waals surface area contributed by atoms with Crippen molar-refractivity contribution < 1.29 is 19.4 Å². The number of ether oxygens (including phenoxy) is 1. The Balaban J connectivity index is 1.77. The summed E-state index contributed by atoms with van der Waals surface area (Å²) < 4.78 is 5.95. The lowest BCUT2D eigenvalue weighted by atomic mass is 9.90. The number of carboxylic acids is 1. The molecule has 0 heterocycles. The molecule has 1 amide bonds. The van der Waals surface area contributed by atoms with E-state index in [-0.39, 0.29) is 6.10 Å². The van der Waals surface area contributed by atoms with Gasteiger partial charge in [-0.15, -0.1) is 0 Å². The molecule has 2 unspecified atom stereocenters. The highest BCUT2D eigenvalue weighted by molar-refractivity contribution is 7.98. The molecule has 0 aromatic heterocycles. The molecule has 0 saturated carbocycles. The monoisotopic (exact) mass is 513 g/mol. The first-order valence-corrected chi connectivity index (χ1v) is 13.6. The number of amides is 1. The van der Waals surface area contributed by atoms with Gasteiger partial charge in [0, 0.05) is 12.7 Å². The van der Waals surface area contributed by atoms with E-state index in [4.69, 9.17) is 4.74 Å². The van der Waals surface area contributed by atoms with Crippen molar-refractivity contribution in [2.75, 3.05) is 19.1 Å². The summed E-state index contributed by atoms with van der Waals surface area (Å²) in [5, 5.41) is 14.6. The molecule has 0 aliphatic carbocycles. The Morgan fingerprint density at radius 3 is 2.27 bits per heavy atom. The molecule has 6 heteroatoms. The van der Waals surface area contributed by atoms with Crippen molar-refractivity contribution in [3.8, 4) is 11.1 Å². The molecule has 2 atom stereocenters. The Bertz CT molecular complexity index is 1420. The van der Waals surface area contributed by atoms with E-state index in [1.54, 1.807) is 24.9 Å². The zero-order chi connectivity index (χ0) is 26.4. The lowest BCUT2D eigenvalue weighted by Gasteiger charge is -2.21. The number of aryl methyl sites for hydroxylation is 1. The van der Waals surface area contributed by atoms with Crippen LogP contribution in [-0.4, -0.2) is 42.1 Å². The van der Waals surface area contributed by atoms with E-state index >= 15 is 0 Å². The number of hydrogen-bond donors (Lipinski definition) is 2. The van der Waals surface area contributed by atoms with Crippen LogP contribution in [0.3, 0.4) is 0 Å². The number of carbonyl (C=O) groups excluding carboxylic acids is 1. The van der Waals surface area contributed by atoms with Crippen molar-refractivity contribution in [2.45, 2.75) is 25.5 Å². The minimum Gasteiger partial charge on any atom is -0.480 e. The Kier molecular flexibility index (Phi) is 8.64. The highest BCUT2D eigenvalue weighted by Crippen LogP contribution is 2.34. The van der Waals surface area contributed by atoms with Crippen LogP contribution in [0.25, 0.3) is 21.9 Å². The molecule has 4 aromatic rings. The Morgan fingerprint density at radius 1 is 0.892 bits per heavy atom. The van der Waals surface area contributed by atoms with Crippen LogP contribution in [0, 0.1) is 6.92 Å². The summed E-state index contributed by atoms with van der Waals surface area (Å²) in [5.74, 6) is -0.799. The average Bonchev–Trinajstić information content (AvgIpc) is 2.91. The molecule has 5 nitrogen and oxygen atoms in total. The smallest absolute Gasteiger partial charge is 0.326 e. The summed E-state index contributed by atoms with van der Waals surface area (Å²) in [5.41, 5.74) is 5.03. The summed E-state index contributed by atoms with van der Waals surface area (Å²) in [6.07, 6.45) is 1.93. The predicted octanol–water partition coefficient (Wildman–Crippen LogP) is 6.49. The van der Waals surface area contributed by atoms with Crippen molar-refractivity contribution in [2.24, 2.45) is 0 Å². The summed E-state index contributed by atoms with van der Waals surface area (Å²) in [6.45, 7) is 2.00. The Labute approximate surface area is 221 Å². The third-order valence-electron chi connectivity index (χ3n) is 6.55. The molecular formula is C31H31NO4S. The first-order chi connectivity index (χ1) is 17.9. The Morgan fingerprint density at radius 2 is 1.57 bits per heavy atom. The lowest BCUT2D eigenvalue weighted by Crippen LogP contribution is -2.41. The fourth-order valence-electron chi connectivity index (χ4n) is 4.59. The molecule has 0 fully saturated rings. The molecule has 190 valence electrons. The summed E-state index contributed by atoms with van der Waals surface area (Å²) in [7, 11) is 1.68. The van der Waals surface area contributed by atoms with Gasteiger partial charge in [0.25, 0.3) is 5.91 Å². The number of nitrogens with one attached hydrogen (secondary N) is 1. The van der Waals surface area contributed by atoms with E-state index in [9.17, 15) is 14.7 Å². The number of rotatable bonds is 10. The SMILES string of the molecule is COC(c1ccc(C(=O)NC(CCSC)C(=O)O)c(-c2ccccc2C)c1)c1ccc2ccccc2c1. The van der Waals surface area contributed by atoms with Crippen molar-refractivity contribution >= 4 is 34.4 Å². The average molecular weight is 514 g/mol. The second kappa shape index (κ2) is 12.1. The first kappa shape index (κ1) is 26.5. The van der Waals surface area contributed by atoms with Crippen molar-refractivity contribution in [3.63, 3.8) is 0 Å². The number of fused-ring (bicyclic) bond motifs is 1. The van der Waals surface area contributed by atoms with E-state index in [1.807, 2.05) is 61.7 Å².